The lowest BCUT2D eigenvalue weighted by molar-refractivity contribution is 0.568. The van der Waals surface area contributed by atoms with E-state index in [-0.39, 0.29) is 17.5 Å². The lowest BCUT2D eigenvalue weighted by atomic mass is 10.2. The Morgan fingerprint density at radius 1 is 1.50 bits per heavy atom. The topological polar surface area (TPSA) is 61.2 Å². The molecular formula is C12H13BrN2O2S. The van der Waals surface area contributed by atoms with E-state index < -0.39 is 9.84 Å². The monoisotopic (exact) mass is 328 g/mol. The van der Waals surface area contributed by atoms with Crippen LogP contribution in [0.1, 0.15) is 12.5 Å². The summed E-state index contributed by atoms with van der Waals surface area (Å²) in [5.74, 6) is 0.364. The average molecular weight is 329 g/mol. The van der Waals surface area contributed by atoms with Crippen molar-refractivity contribution in [1.29, 1.82) is 5.26 Å². The Morgan fingerprint density at radius 2 is 2.22 bits per heavy atom. The van der Waals surface area contributed by atoms with Gasteiger partial charge in [-0.2, -0.15) is 5.26 Å². The zero-order valence-electron chi connectivity index (χ0n) is 9.93. The molecule has 1 aromatic carbocycles. The highest BCUT2D eigenvalue weighted by Crippen LogP contribution is 2.30. The summed E-state index contributed by atoms with van der Waals surface area (Å²) in [6.07, 6.45) is 0. The minimum atomic E-state index is -2.91. The predicted octanol–water partition coefficient (Wildman–Crippen LogP) is 1.94. The number of benzene rings is 1. The molecule has 4 nitrogen and oxygen atoms in total. The number of hydrogen-bond acceptors (Lipinski definition) is 4. The number of anilines is 1. The van der Waals surface area contributed by atoms with Crippen LogP contribution in [0.3, 0.4) is 0 Å². The van der Waals surface area contributed by atoms with E-state index in [1.54, 1.807) is 12.1 Å². The van der Waals surface area contributed by atoms with Crippen LogP contribution in [0.5, 0.6) is 0 Å². The molecule has 2 rings (SSSR count). The highest BCUT2D eigenvalue weighted by Gasteiger charge is 2.29. The van der Waals surface area contributed by atoms with Gasteiger partial charge in [0.15, 0.2) is 9.84 Å². The van der Waals surface area contributed by atoms with Crippen LogP contribution in [-0.2, 0) is 9.84 Å². The number of nitriles is 1. The van der Waals surface area contributed by atoms with Crippen molar-refractivity contribution in [2.45, 2.75) is 13.0 Å². The minimum absolute atomic E-state index is 0.0482. The zero-order chi connectivity index (χ0) is 13.3. The van der Waals surface area contributed by atoms with Gasteiger partial charge in [0.1, 0.15) is 0 Å². The smallest absolute Gasteiger partial charge is 0.154 e. The molecule has 0 amide bonds. The second-order valence-electron chi connectivity index (χ2n) is 4.43. The van der Waals surface area contributed by atoms with Gasteiger partial charge in [-0.15, -0.1) is 0 Å². The Labute approximate surface area is 115 Å². The third-order valence-electron chi connectivity index (χ3n) is 3.06. The first kappa shape index (κ1) is 13.4. The van der Waals surface area contributed by atoms with Crippen molar-refractivity contribution in [3.05, 3.63) is 28.2 Å². The summed E-state index contributed by atoms with van der Waals surface area (Å²) in [5, 5.41) is 8.82. The van der Waals surface area contributed by atoms with Crippen LogP contribution >= 0.6 is 15.9 Å². The summed E-state index contributed by atoms with van der Waals surface area (Å²) in [6.45, 7) is 2.40. The van der Waals surface area contributed by atoms with E-state index in [2.05, 4.69) is 26.9 Å². The van der Waals surface area contributed by atoms with Gasteiger partial charge in [-0.3, -0.25) is 0 Å². The Kier molecular flexibility index (Phi) is 3.64. The molecule has 1 atom stereocenters. The average Bonchev–Trinajstić information content (AvgIpc) is 2.29. The zero-order valence-corrected chi connectivity index (χ0v) is 12.3. The summed E-state index contributed by atoms with van der Waals surface area (Å²) in [7, 11) is -2.91. The van der Waals surface area contributed by atoms with Crippen LogP contribution < -0.4 is 4.90 Å². The molecule has 1 unspecified atom stereocenters. The fourth-order valence-electron chi connectivity index (χ4n) is 2.17. The molecule has 18 heavy (non-hydrogen) atoms. The molecule has 1 heterocycles. The van der Waals surface area contributed by atoms with Gasteiger partial charge in [0.25, 0.3) is 0 Å². The first-order valence-corrected chi connectivity index (χ1v) is 8.21. The van der Waals surface area contributed by atoms with Crippen LogP contribution in [-0.4, -0.2) is 32.5 Å². The summed E-state index contributed by atoms with van der Waals surface area (Å²) in [5.41, 5.74) is 1.53. The number of halogens is 1. The minimum Gasteiger partial charge on any atom is -0.366 e. The van der Waals surface area contributed by atoms with Crippen molar-refractivity contribution in [1.82, 2.24) is 0 Å². The molecule has 0 N–H and O–H groups in total. The van der Waals surface area contributed by atoms with Crippen molar-refractivity contribution in [3.8, 4) is 6.07 Å². The molecular weight excluding hydrogens is 316 g/mol. The number of nitrogens with zero attached hydrogens (tertiary/aromatic N) is 2. The van der Waals surface area contributed by atoms with Crippen molar-refractivity contribution < 1.29 is 8.42 Å². The normalized spacial score (nSPS) is 22.5. The predicted molar refractivity (Wildman–Crippen MR) is 74.3 cm³/mol. The molecule has 1 saturated heterocycles. The van der Waals surface area contributed by atoms with Gasteiger partial charge in [-0.05, 0) is 41.1 Å². The molecule has 1 aliphatic heterocycles. The van der Waals surface area contributed by atoms with Crippen molar-refractivity contribution in [2.75, 3.05) is 23.0 Å². The van der Waals surface area contributed by atoms with Gasteiger partial charge in [0, 0.05) is 17.1 Å². The summed E-state index contributed by atoms with van der Waals surface area (Å²) < 4.78 is 23.9. The maximum Gasteiger partial charge on any atom is 0.154 e. The van der Waals surface area contributed by atoms with E-state index in [9.17, 15) is 8.42 Å². The van der Waals surface area contributed by atoms with Crippen LogP contribution in [0, 0.1) is 11.3 Å². The standard InChI is InChI=1S/C12H13BrN2O2S/c1-9-8-18(16,17)5-4-15(9)12-3-2-10(7-14)6-11(12)13/h2-3,6,9H,4-5,8H2,1H3. The first-order chi connectivity index (χ1) is 8.43. The second kappa shape index (κ2) is 4.90. The third-order valence-corrected chi connectivity index (χ3v) is 5.49. The second-order valence-corrected chi connectivity index (χ2v) is 7.52. The Balaban J connectivity index is 2.31. The largest absolute Gasteiger partial charge is 0.366 e. The maximum atomic E-state index is 11.5. The molecule has 0 aliphatic carbocycles. The van der Waals surface area contributed by atoms with Crippen LogP contribution in [0.2, 0.25) is 0 Å². The van der Waals surface area contributed by atoms with E-state index >= 15 is 0 Å². The molecule has 0 aromatic heterocycles. The van der Waals surface area contributed by atoms with Crippen LogP contribution in [0.4, 0.5) is 5.69 Å². The third kappa shape index (κ3) is 2.68. The van der Waals surface area contributed by atoms with Gasteiger partial charge in [-0.1, -0.05) is 0 Å². The van der Waals surface area contributed by atoms with Crippen LogP contribution in [0.15, 0.2) is 22.7 Å². The Hall–Kier alpha value is -1.06. The van der Waals surface area contributed by atoms with Crippen molar-refractivity contribution in [2.24, 2.45) is 0 Å². The SMILES string of the molecule is CC1CS(=O)(=O)CCN1c1ccc(C#N)cc1Br. The highest BCUT2D eigenvalue weighted by atomic mass is 79.9. The van der Waals surface area contributed by atoms with Crippen molar-refractivity contribution >= 4 is 31.5 Å². The Bertz CT molecular complexity index is 607. The van der Waals surface area contributed by atoms with E-state index in [1.807, 2.05) is 13.0 Å². The summed E-state index contributed by atoms with van der Waals surface area (Å²) in [4.78, 5) is 2.06. The molecule has 1 fully saturated rings. The van der Waals surface area contributed by atoms with Gasteiger partial charge < -0.3 is 4.90 Å². The molecule has 6 heteroatoms. The molecule has 0 saturated carbocycles. The maximum absolute atomic E-state index is 11.5. The molecule has 1 aliphatic rings. The van der Waals surface area contributed by atoms with Gasteiger partial charge >= 0.3 is 0 Å². The van der Waals surface area contributed by atoms with Crippen LogP contribution in [0.25, 0.3) is 0 Å². The van der Waals surface area contributed by atoms with E-state index in [4.69, 9.17) is 5.26 Å². The lowest BCUT2D eigenvalue weighted by Crippen LogP contribution is -2.47. The summed E-state index contributed by atoms with van der Waals surface area (Å²) >= 11 is 3.44. The fourth-order valence-corrected chi connectivity index (χ4v) is 4.33. The number of rotatable bonds is 1. The van der Waals surface area contributed by atoms with Crippen molar-refractivity contribution in [3.63, 3.8) is 0 Å². The molecule has 96 valence electrons. The van der Waals surface area contributed by atoms with Gasteiger partial charge in [-0.25, -0.2) is 8.42 Å². The lowest BCUT2D eigenvalue weighted by Gasteiger charge is -2.35. The highest BCUT2D eigenvalue weighted by molar-refractivity contribution is 9.10. The molecule has 0 radical (unpaired) electrons. The number of hydrogen-bond donors (Lipinski definition) is 0. The van der Waals surface area contributed by atoms with Gasteiger partial charge in [0.05, 0.1) is 28.8 Å². The molecule has 0 spiro atoms. The van der Waals surface area contributed by atoms with E-state index in [0.29, 0.717) is 12.1 Å². The quantitative estimate of drug-likeness (QED) is 0.790. The summed E-state index contributed by atoms with van der Waals surface area (Å²) in [6, 6.07) is 7.39. The van der Waals surface area contributed by atoms with E-state index in [1.165, 1.54) is 0 Å². The first-order valence-electron chi connectivity index (χ1n) is 5.59. The van der Waals surface area contributed by atoms with E-state index in [0.717, 1.165) is 10.2 Å². The molecule has 0 bridgehead atoms. The van der Waals surface area contributed by atoms with Gasteiger partial charge in [0.2, 0.25) is 0 Å². The number of sulfone groups is 1. The fraction of sp³-hybridized carbons (Fsp3) is 0.417. The Morgan fingerprint density at radius 3 is 2.78 bits per heavy atom. The molecule has 1 aromatic rings.